The smallest absolute Gasteiger partial charge is 0.246 e. The fourth-order valence-corrected chi connectivity index (χ4v) is 5.41. The number of hydrogen-bond donors (Lipinski definition) is 2. The highest BCUT2D eigenvalue weighted by molar-refractivity contribution is 7.89. The van der Waals surface area contributed by atoms with Gasteiger partial charge >= 0.3 is 0 Å². The minimum absolute atomic E-state index is 0.0806. The van der Waals surface area contributed by atoms with Gasteiger partial charge < -0.3 is 10.2 Å². The van der Waals surface area contributed by atoms with Gasteiger partial charge in [0.1, 0.15) is 4.90 Å². The van der Waals surface area contributed by atoms with Crippen molar-refractivity contribution in [2.45, 2.75) is 31.6 Å². The summed E-state index contributed by atoms with van der Waals surface area (Å²) in [7, 11) is -3.62. The second kappa shape index (κ2) is 6.81. The number of nitrogens with zero attached hydrogens (tertiary/aromatic N) is 3. The van der Waals surface area contributed by atoms with E-state index >= 15 is 0 Å². The SMILES string of the molecule is Cc1n[nH]c(C)c1S(=O)(=O)N1CCCC(C(=O)N2CCNCC2)C1. The Kier molecular flexibility index (Phi) is 4.93. The molecule has 2 fully saturated rings. The zero-order valence-corrected chi connectivity index (χ0v) is 15.0. The van der Waals surface area contributed by atoms with Gasteiger partial charge in [-0.05, 0) is 26.7 Å². The zero-order valence-electron chi connectivity index (χ0n) is 14.2. The fourth-order valence-electron chi connectivity index (χ4n) is 3.56. The molecule has 2 saturated heterocycles. The van der Waals surface area contributed by atoms with Gasteiger partial charge in [-0.25, -0.2) is 8.42 Å². The molecule has 1 amide bonds. The van der Waals surface area contributed by atoms with Gasteiger partial charge in [-0.3, -0.25) is 9.89 Å². The van der Waals surface area contributed by atoms with Crippen LogP contribution in [0.5, 0.6) is 0 Å². The Morgan fingerprint density at radius 3 is 2.54 bits per heavy atom. The molecule has 1 aromatic heterocycles. The highest BCUT2D eigenvalue weighted by Crippen LogP contribution is 2.27. The quantitative estimate of drug-likeness (QED) is 0.786. The number of aryl methyl sites for hydroxylation is 2. The van der Waals surface area contributed by atoms with Crippen molar-refractivity contribution in [1.82, 2.24) is 24.7 Å². The molecule has 134 valence electrons. The molecular formula is C15H25N5O3S. The van der Waals surface area contributed by atoms with Crippen molar-refractivity contribution in [3.63, 3.8) is 0 Å². The summed E-state index contributed by atoms with van der Waals surface area (Å²) in [6, 6.07) is 0. The first-order chi connectivity index (χ1) is 11.4. The van der Waals surface area contributed by atoms with Crippen molar-refractivity contribution in [2.75, 3.05) is 39.3 Å². The molecule has 3 heterocycles. The first-order valence-corrected chi connectivity index (χ1v) is 9.86. The Morgan fingerprint density at radius 2 is 1.92 bits per heavy atom. The van der Waals surface area contributed by atoms with Gasteiger partial charge in [0.15, 0.2) is 0 Å². The Hall–Kier alpha value is -1.45. The predicted molar refractivity (Wildman–Crippen MR) is 89.0 cm³/mol. The summed E-state index contributed by atoms with van der Waals surface area (Å²) in [6.07, 6.45) is 1.45. The molecule has 2 N–H and O–H groups in total. The highest BCUT2D eigenvalue weighted by atomic mass is 32.2. The number of sulfonamides is 1. The van der Waals surface area contributed by atoms with Crippen LogP contribution in [0.2, 0.25) is 0 Å². The Morgan fingerprint density at radius 1 is 1.21 bits per heavy atom. The number of H-pyrrole nitrogens is 1. The lowest BCUT2D eigenvalue weighted by Gasteiger charge is -2.35. The third-order valence-electron chi connectivity index (χ3n) is 4.82. The number of nitrogens with one attached hydrogen (secondary N) is 2. The highest BCUT2D eigenvalue weighted by Gasteiger charge is 2.37. The molecule has 1 unspecified atom stereocenters. The third kappa shape index (κ3) is 3.20. The summed E-state index contributed by atoms with van der Waals surface area (Å²) >= 11 is 0. The van der Waals surface area contributed by atoms with E-state index < -0.39 is 10.0 Å². The topological polar surface area (TPSA) is 98.4 Å². The van der Waals surface area contributed by atoms with Crippen molar-refractivity contribution in [3.8, 4) is 0 Å². The van der Waals surface area contributed by atoms with Crippen molar-refractivity contribution in [1.29, 1.82) is 0 Å². The standard InChI is InChI=1S/C15H25N5O3S/c1-11-14(12(2)18-17-11)24(22,23)20-7-3-4-13(10-20)15(21)19-8-5-16-6-9-19/h13,16H,3-10H2,1-2H3,(H,17,18). The molecule has 1 atom stereocenters. The van der Waals surface area contributed by atoms with Crippen LogP contribution < -0.4 is 5.32 Å². The molecule has 0 aliphatic carbocycles. The molecule has 2 aliphatic rings. The number of amides is 1. The van der Waals surface area contributed by atoms with Crippen LogP contribution in [-0.4, -0.2) is 73.0 Å². The van der Waals surface area contributed by atoms with Gasteiger partial charge in [0, 0.05) is 39.3 Å². The van der Waals surface area contributed by atoms with Crippen LogP contribution in [0.3, 0.4) is 0 Å². The molecule has 0 spiro atoms. The number of aromatic amines is 1. The Labute approximate surface area is 142 Å². The maximum atomic E-state index is 13.0. The lowest BCUT2D eigenvalue weighted by Crippen LogP contribution is -2.52. The number of piperidine rings is 1. The summed E-state index contributed by atoms with van der Waals surface area (Å²) in [4.78, 5) is 14.8. The third-order valence-corrected chi connectivity index (χ3v) is 6.95. The number of carbonyl (C=O) groups is 1. The zero-order chi connectivity index (χ0) is 17.3. The number of hydrogen-bond acceptors (Lipinski definition) is 5. The van der Waals surface area contributed by atoms with E-state index in [4.69, 9.17) is 0 Å². The number of piperazine rings is 1. The van der Waals surface area contributed by atoms with Gasteiger partial charge in [-0.15, -0.1) is 0 Å². The van der Waals surface area contributed by atoms with Crippen molar-refractivity contribution in [2.24, 2.45) is 5.92 Å². The van der Waals surface area contributed by atoms with Gasteiger partial charge in [-0.1, -0.05) is 0 Å². The minimum atomic E-state index is -3.62. The first kappa shape index (κ1) is 17.4. The first-order valence-electron chi connectivity index (χ1n) is 8.42. The average molecular weight is 355 g/mol. The number of aromatic nitrogens is 2. The predicted octanol–water partition coefficient (Wildman–Crippen LogP) is -0.141. The lowest BCUT2D eigenvalue weighted by molar-refractivity contribution is -0.137. The molecule has 9 heteroatoms. The van der Waals surface area contributed by atoms with Crippen LogP contribution in [-0.2, 0) is 14.8 Å². The van der Waals surface area contributed by atoms with Crippen LogP contribution in [0, 0.1) is 19.8 Å². The van der Waals surface area contributed by atoms with Gasteiger partial charge in [0.2, 0.25) is 15.9 Å². The maximum absolute atomic E-state index is 13.0. The summed E-state index contributed by atoms with van der Waals surface area (Å²) in [5.74, 6) is -0.170. The molecule has 1 aromatic rings. The van der Waals surface area contributed by atoms with Crippen LogP contribution in [0.25, 0.3) is 0 Å². The normalized spacial score (nSPS) is 23.4. The van der Waals surface area contributed by atoms with Gasteiger partial charge in [-0.2, -0.15) is 9.40 Å². The van der Waals surface area contributed by atoms with Crippen LogP contribution >= 0.6 is 0 Å². The van der Waals surface area contributed by atoms with E-state index in [2.05, 4.69) is 15.5 Å². The Balaban J connectivity index is 1.76. The molecule has 8 nitrogen and oxygen atoms in total. The van der Waals surface area contributed by atoms with Gasteiger partial charge in [0.05, 0.1) is 17.3 Å². The Bertz CT molecular complexity index is 689. The summed E-state index contributed by atoms with van der Waals surface area (Å²) in [6.45, 7) is 7.10. The number of carbonyl (C=O) groups excluding carboxylic acids is 1. The van der Waals surface area contributed by atoms with E-state index in [1.807, 2.05) is 4.90 Å². The molecule has 0 radical (unpaired) electrons. The summed E-state index contributed by atoms with van der Waals surface area (Å²) in [5.41, 5.74) is 1.02. The van der Waals surface area contributed by atoms with E-state index in [0.717, 1.165) is 19.5 Å². The van der Waals surface area contributed by atoms with E-state index in [9.17, 15) is 13.2 Å². The second-order valence-electron chi connectivity index (χ2n) is 6.54. The van der Waals surface area contributed by atoms with Crippen LogP contribution in [0.15, 0.2) is 4.90 Å². The average Bonchev–Trinajstić information content (AvgIpc) is 2.94. The molecule has 2 aliphatic heterocycles. The molecule has 24 heavy (non-hydrogen) atoms. The van der Waals surface area contributed by atoms with Crippen LogP contribution in [0.4, 0.5) is 0 Å². The van der Waals surface area contributed by atoms with Crippen molar-refractivity contribution < 1.29 is 13.2 Å². The van der Waals surface area contributed by atoms with E-state index in [1.54, 1.807) is 13.8 Å². The summed E-state index contributed by atoms with van der Waals surface area (Å²) < 4.78 is 27.4. The molecule has 0 aromatic carbocycles. The largest absolute Gasteiger partial charge is 0.340 e. The van der Waals surface area contributed by atoms with Crippen LogP contribution in [0.1, 0.15) is 24.2 Å². The lowest BCUT2D eigenvalue weighted by atomic mass is 9.98. The van der Waals surface area contributed by atoms with E-state index in [1.165, 1.54) is 4.31 Å². The van der Waals surface area contributed by atoms with Crippen molar-refractivity contribution >= 4 is 15.9 Å². The fraction of sp³-hybridized carbons (Fsp3) is 0.733. The number of rotatable bonds is 3. The minimum Gasteiger partial charge on any atom is -0.340 e. The second-order valence-corrected chi connectivity index (χ2v) is 8.42. The monoisotopic (exact) mass is 355 g/mol. The summed E-state index contributed by atoms with van der Waals surface area (Å²) in [5, 5.41) is 9.95. The van der Waals surface area contributed by atoms with Gasteiger partial charge in [0.25, 0.3) is 0 Å². The van der Waals surface area contributed by atoms with Crippen molar-refractivity contribution in [3.05, 3.63) is 11.4 Å². The van der Waals surface area contributed by atoms with E-state index in [0.29, 0.717) is 37.4 Å². The molecule has 0 saturated carbocycles. The molecular weight excluding hydrogens is 330 g/mol. The molecule has 3 rings (SSSR count). The van der Waals surface area contributed by atoms with E-state index in [-0.39, 0.29) is 23.3 Å². The maximum Gasteiger partial charge on any atom is 0.246 e. The molecule has 0 bridgehead atoms.